The van der Waals surface area contributed by atoms with Crippen LogP contribution in [0, 0.1) is 0 Å². The van der Waals surface area contributed by atoms with Gasteiger partial charge in [-0.05, 0) is 6.07 Å². The first kappa shape index (κ1) is 15.4. The molecule has 0 saturated heterocycles. The molecule has 0 saturated carbocycles. The van der Waals surface area contributed by atoms with E-state index in [-0.39, 0.29) is 16.5 Å². The SMILES string of the molecule is CCC(N)=O.O=C(O)C(O)c1ccccc1Cl. The monoisotopic (exact) mass is 259 g/mol. The van der Waals surface area contributed by atoms with E-state index < -0.39 is 12.1 Å². The lowest BCUT2D eigenvalue weighted by molar-refractivity contribution is -0.146. The first-order valence-electron chi connectivity index (χ1n) is 4.83. The number of carbonyl (C=O) groups is 2. The van der Waals surface area contributed by atoms with Crippen molar-refractivity contribution in [3.8, 4) is 0 Å². The van der Waals surface area contributed by atoms with E-state index in [0.29, 0.717) is 6.42 Å². The van der Waals surface area contributed by atoms with Gasteiger partial charge in [0.2, 0.25) is 5.91 Å². The first-order valence-corrected chi connectivity index (χ1v) is 5.21. The number of nitrogens with two attached hydrogens (primary N) is 1. The number of carboxylic acid groups (broad SMARTS) is 1. The molecule has 0 aromatic heterocycles. The molecule has 1 rings (SSSR count). The summed E-state index contributed by atoms with van der Waals surface area (Å²) in [4.78, 5) is 19.9. The standard InChI is InChI=1S/C8H7ClO3.C3H7NO/c9-6-4-2-1-3-5(6)7(10)8(11)12;1-2-3(4)5/h1-4,7,10H,(H,11,12);2H2,1H3,(H2,4,5). The van der Waals surface area contributed by atoms with Crippen molar-refractivity contribution in [1.82, 2.24) is 0 Å². The van der Waals surface area contributed by atoms with E-state index in [1.165, 1.54) is 12.1 Å². The van der Waals surface area contributed by atoms with Crippen molar-refractivity contribution >= 4 is 23.5 Å². The summed E-state index contributed by atoms with van der Waals surface area (Å²) in [6.45, 7) is 1.72. The predicted octanol–water partition coefficient (Wildman–Crippen LogP) is 1.34. The summed E-state index contributed by atoms with van der Waals surface area (Å²) in [6.07, 6.45) is -1.10. The Labute approximate surface area is 104 Å². The number of carboxylic acids is 1. The molecule has 1 aromatic carbocycles. The fourth-order valence-corrected chi connectivity index (χ4v) is 1.07. The largest absolute Gasteiger partial charge is 0.479 e. The quantitative estimate of drug-likeness (QED) is 0.762. The Bertz CT molecular complexity index is 395. The minimum absolute atomic E-state index is 0.215. The number of hydrogen-bond acceptors (Lipinski definition) is 3. The van der Waals surface area contributed by atoms with E-state index in [2.05, 4.69) is 5.73 Å². The number of aliphatic carboxylic acids is 1. The summed E-state index contributed by atoms with van der Waals surface area (Å²) in [5, 5.41) is 17.8. The van der Waals surface area contributed by atoms with Gasteiger partial charge in [-0.25, -0.2) is 4.79 Å². The fraction of sp³-hybridized carbons (Fsp3) is 0.273. The molecule has 0 fully saturated rings. The molecule has 94 valence electrons. The van der Waals surface area contributed by atoms with Crippen LogP contribution in [0.1, 0.15) is 25.0 Å². The summed E-state index contributed by atoms with van der Waals surface area (Å²) in [6, 6.07) is 6.29. The normalized spacial score (nSPS) is 11.0. The zero-order valence-corrected chi connectivity index (χ0v) is 10.0. The number of hydrogen-bond donors (Lipinski definition) is 3. The summed E-state index contributed by atoms with van der Waals surface area (Å²) in [5.74, 6) is -1.55. The zero-order chi connectivity index (χ0) is 13.4. The second-order valence-corrected chi connectivity index (χ2v) is 3.49. The molecule has 17 heavy (non-hydrogen) atoms. The number of rotatable bonds is 3. The smallest absolute Gasteiger partial charge is 0.337 e. The summed E-state index contributed by atoms with van der Waals surface area (Å²) < 4.78 is 0. The molecule has 0 spiro atoms. The van der Waals surface area contributed by atoms with Crippen LogP contribution < -0.4 is 5.73 Å². The molecule has 1 amide bonds. The van der Waals surface area contributed by atoms with Crippen molar-refractivity contribution in [3.63, 3.8) is 0 Å². The molecule has 6 heteroatoms. The number of benzene rings is 1. The van der Waals surface area contributed by atoms with Crippen molar-refractivity contribution in [1.29, 1.82) is 0 Å². The molecule has 0 heterocycles. The van der Waals surface area contributed by atoms with Gasteiger partial charge in [-0.15, -0.1) is 0 Å². The van der Waals surface area contributed by atoms with Crippen molar-refractivity contribution in [2.24, 2.45) is 5.73 Å². The lowest BCUT2D eigenvalue weighted by Gasteiger charge is -2.06. The van der Waals surface area contributed by atoms with Gasteiger partial charge in [0.1, 0.15) is 0 Å². The lowest BCUT2D eigenvalue weighted by Crippen LogP contribution is -2.10. The molecule has 4 N–H and O–H groups in total. The van der Waals surface area contributed by atoms with Crippen LogP contribution in [0.2, 0.25) is 5.02 Å². The van der Waals surface area contributed by atoms with Crippen molar-refractivity contribution in [2.75, 3.05) is 0 Å². The molecule has 5 nitrogen and oxygen atoms in total. The highest BCUT2D eigenvalue weighted by Gasteiger charge is 2.17. The third-order valence-corrected chi connectivity index (χ3v) is 2.13. The molecule has 1 atom stereocenters. The summed E-state index contributed by atoms with van der Waals surface area (Å²) >= 11 is 5.64. The number of halogens is 1. The van der Waals surface area contributed by atoms with E-state index in [0.717, 1.165) is 0 Å². The number of aliphatic hydroxyl groups excluding tert-OH is 1. The Hall–Kier alpha value is -1.59. The molecule has 0 aliphatic heterocycles. The molecule has 0 aliphatic rings. The Balaban J connectivity index is 0.000000437. The van der Waals surface area contributed by atoms with Gasteiger partial charge in [-0.3, -0.25) is 4.79 Å². The van der Waals surface area contributed by atoms with Crippen LogP contribution in [-0.4, -0.2) is 22.1 Å². The maximum absolute atomic E-state index is 10.3. The van der Waals surface area contributed by atoms with E-state index in [9.17, 15) is 9.59 Å². The molecular formula is C11H14ClNO4. The van der Waals surface area contributed by atoms with Crippen molar-refractivity contribution in [3.05, 3.63) is 34.9 Å². The average molecular weight is 260 g/mol. The highest BCUT2D eigenvalue weighted by Crippen LogP contribution is 2.22. The lowest BCUT2D eigenvalue weighted by atomic mass is 10.1. The molecule has 0 aliphatic carbocycles. The van der Waals surface area contributed by atoms with Gasteiger partial charge in [-0.1, -0.05) is 36.7 Å². The minimum atomic E-state index is -1.54. The number of carbonyl (C=O) groups excluding carboxylic acids is 1. The average Bonchev–Trinajstić information content (AvgIpc) is 2.29. The first-order chi connectivity index (χ1) is 7.90. The van der Waals surface area contributed by atoms with Gasteiger partial charge >= 0.3 is 5.97 Å². The van der Waals surface area contributed by atoms with Crippen LogP contribution in [0.4, 0.5) is 0 Å². The molecular weight excluding hydrogens is 246 g/mol. The second kappa shape index (κ2) is 7.65. The van der Waals surface area contributed by atoms with Crippen molar-refractivity contribution in [2.45, 2.75) is 19.4 Å². The Morgan fingerprint density at radius 1 is 1.41 bits per heavy atom. The van der Waals surface area contributed by atoms with Gasteiger partial charge in [0.05, 0.1) is 0 Å². The number of amides is 1. The van der Waals surface area contributed by atoms with E-state index in [4.69, 9.17) is 21.8 Å². The van der Waals surface area contributed by atoms with Crippen LogP contribution >= 0.6 is 11.6 Å². The van der Waals surface area contributed by atoms with E-state index >= 15 is 0 Å². The topological polar surface area (TPSA) is 101 Å². The third-order valence-electron chi connectivity index (χ3n) is 1.78. The van der Waals surface area contributed by atoms with Gasteiger partial charge < -0.3 is 15.9 Å². The van der Waals surface area contributed by atoms with Crippen molar-refractivity contribution < 1.29 is 19.8 Å². The zero-order valence-electron chi connectivity index (χ0n) is 9.26. The second-order valence-electron chi connectivity index (χ2n) is 3.08. The molecule has 0 bridgehead atoms. The predicted molar refractivity (Wildman–Crippen MR) is 63.5 cm³/mol. The molecule has 1 unspecified atom stereocenters. The van der Waals surface area contributed by atoms with Crippen LogP contribution in [0.5, 0.6) is 0 Å². The fourth-order valence-electron chi connectivity index (χ4n) is 0.830. The van der Waals surface area contributed by atoms with Crippen LogP contribution in [0.3, 0.4) is 0 Å². The van der Waals surface area contributed by atoms with Gasteiger partial charge in [0.15, 0.2) is 6.10 Å². The Morgan fingerprint density at radius 2 is 1.88 bits per heavy atom. The summed E-state index contributed by atoms with van der Waals surface area (Å²) in [5.41, 5.74) is 4.87. The number of primary amides is 1. The maximum Gasteiger partial charge on any atom is 0.337 e. The van der Waals surface area contributed by atoms with Crippen LogP contribution in [0.15, 0.2) is 24.3 Å². The maximum atomic E-state index is 10.3. The Morgan fingerprint density at radius 3 is 2.24 bits per heavy atom. The van der Waals surface area contributed by atoms with Crippen LogP contribution in [-0.2, 0) is 9.59 Å². The summed E-state index contributed by atoms with van der Waals surface area (Å²) in [7, 11) is 0. The number of aliphatic hydroxyl groups is 1. The molecule has 1 aromatic rings. The minimum Gasteiger partial charge on any atom is -0.479 e. The van der Waals surface area contributed by atoms with E-state index in [1.807, 2.05) is 0 Å². The Kier molecular flexibility index (Phi) is 6.93. The highest BCUT2D eigenvalue weighted by atomic mass is 35.5. The van der Waals surface area contributed by atoms with E-state index in [1.54, 1.807) is 19.1 Å². The third kappa shape index (κ3) is 5.89. The van der Waals surface area contributed by atoms with Gasteiger partial charge in [0.25, 0.3) is 0 Å². The molecule has 0 radical (unpaired) electrons. The highest BCUT2D eigenvalue weighted by molar-refractivity contribution is 6.31. The van der Waals surface area contributed by atoms with Gasteiger partial charge in [0, 0.05) is 17.0 Å². The van der Waals surface area contributed by atoms with Gasteiger partial charge in [-0.2, -0.15) is 0 Å². The van der Waals surface area contributed by atoms with Crippen LogP contribution in [0.25, 0.3) is 0 Å².